The third-order valence-electron chi connectivity index (χ3n) is 5.95. The molecular formula is C23H27N3O4S. The Labute approximate surface area is 183 Å². The van der Waals surface area contributed by atoms with E-state index in [0.717, 1.165) is 28.3 Å². The largest absolute Gasteiger partial charge is 0.350 e. The van der Waals surface area contributed by atoms with Crippen LogP contribution >= 0.6 is 0 Å². The van der Waals surface area contributed by atoms with Crippen molar-refractivity contribution >= 4 is 21.8 Å². The predicted octanol–water partition coefficient (Wildman–Crippen LogP) is 2.07. The van der Waals surface area contributed by atoms with Crippen molar-refractivity contribution in [2.75, 3.05) is 13.1 Å². The van der Waals surface area contributed by atoms with Crippen molar-refractivity contribution in [3.8, 4) is 0 Å². The lowest BCUT2D eigenvalue weighted by Gasteiger charge is -2.47. The Bertz CT molecular complexity index is 1080. The zero-order valence-electron chi connectivity index (χ0n) is 17.7. The number of piperazine rings is 1. The molecule has 0 bridgehead atoms. The van der Waals surface area contributed by atoms with Gasteiger partial charge in [0.05, 0.1) is 11.4 Å². The molecule has 1 atom stereocenters. The van der Waals surface area contributed by atoms with E-state index >= 15 is 0 Å². The summed E-state index contributed by atoms with van der Waals surface area (Å²) in [7, 11) is -3.89. The highest BCUT2D eigenvalue weighted by Crippen LogP contribution is 2.37. The van der Waals surface area contributed by atoms with Crippen molar-refractivity contribution in [3.63, 3.8) is 0 Å². The molecule has 0 unspecified atom stereocenters. The SMILES string of the molecule is Cc1ccc(CNC(=O)[C@]2(C)CN(S(=O)(=O)c3ccccc3)CC(=O)N2C2CC2)cc1. The Hall–Kier alpha value is -2.71. The number of benzene rings is 2. The van der Waals surface area contributed by atoms with Crippen molar-refractivity contribution in [2.45, 2.75) is 49.7 Å². The molecule has 2 aromatic rings. The molecule has 1 saturated carbocycles. The van der Waals surface area contributed by atoms with E-state index in [1.165, 1.54) is 12.1 Å². The van der Waals surface area contributed by atoms with Gasteiger partial charge in [-0.2, -0.15) is 4.31 Å². The van der Waals surface area contributed by atoms with Crippen molar-refractivity contribution in [1.82, 2.24) is 14.5 Å². The van der Waals surface area contributed by atoms with E-state index in [-0.39, 0.29) is 35.8 Å². The molecule has 2 fully saturated rings. The summed E-state index contributed by atoms with van der Waals surface area (Å²) in [5.74, 6) is -0.678. The van der Waals surface area contributed by atoms with E-state index in [2.05, 4.69) is 5.32 Å². The molecule has 2 amide bonds. The summed E-state index contributed by atoms with van der Waals surface area (Å²) in [6, 6.07) is 15.8. The summed E-state index contributed by atoms with van der Waals surface area (Å²) < 4.78 is 27.5. The minimum atomic E-state index is -3.89. The normalized spacial score (nSPS) is 22.4. The minimum absolute atomic E-state index is 0.01000. The fourth-order valence-electron chi connectivity index (χ4n) is 4.09. The number of hydrogen-bond acceptors (Lipinski definition) is 4. The maximum Gasteiger partial charge on any atom is 0.247 e. The van der Waals surface area contributed by atoms with Gasteiger partial charge in [0.15, 0.2) is 0 Å². The third-order valence-corrected chi connectivity index (χ3v) is 7.76. The highest BCUT2D eigenvalue weighted by atomic mass is 32.2. The Morgan fingerprint density at radius 1 is 1.10 bits per heavy atom. The molecule has 1 heterocycles. The fourth-order valence-corrected chi connectivity index (χ4v) is 5.59. The van der Waals surface area contributed by atoms with Gasteiger partial charge in [0.1, 0.15) is 5.54 Å². The van der Waals surface area contributed by atoms with Crippen LogP contribution in [0.3, 0.4) is 0 Å². The topological polar surface area (TPSA) is 86.8 Å². The van der Waals surface area contributed by atoms with Crippen LogP contribution in [0, 0.1) is 6.92 Å². The maximum absolute atomic E-state index is 13.3. The van der Waals surface area contributed by atoms with Crippen molar-refractivity contribution < 1.29 is 18.0 Å². The molecule has 2 aromatic carbocycles. The standard InChI is InChI=1S/C23H27N3O4S/c1-17-8-10-18(11-9-17)14-24-22(28)23(2)16-25(15-21(27)26(23)19-12-13-19)31(29,30)20-6-4-3-5-7-20/h3-11,19H,12-16H2,1-2H3,(H,24,28)/t23-/m0/s1. The number of carbonyl (C=O) groups is 2. The number of carbonyl (C=O) groups excluding carboxylic acids is 2. The average molecular weight is 442 g/mol. The zero-order chi connectivity index (χ0) is 22.2. The second-order valence-corrected chi connectivity index (χ2v) is 10.5. The monoisotopic (exact) mass is 441 g/mol. The van der Waals surface area contributed by atoms with Crippen LogP contribution in [0.5, 0.6) is 0 Å². The lowest BCUT2D eigenvalue weighted by Crippen LogP contribution is -2.70. The van der Waals surface area contributed by atoms with E-state index in [1.54, 1.807) is 30.0 Å². The van der Waals surface area contributed by atoms with Crippen molar-refractivity contribution in [3.05, 3.63) is 65.7 Å². The molecule has 2 aliphatic rings. The van der Waals surface area contributed by atoms with Crippen molar-refractivity contribution in [2.24, 2.45) is 0 Å². The molecule has 164 valence electrons. The molecule has 1 aliphatic carbocycles. The molecule has 0 spiro atoms. The molecule has 8 heteroatoms. The first-order chi connectivity index (χ1) is 14.7. The van der Waals surface area contributed by atoms with Gasteiger partial charge in [-0.15, -0.1) is 0 Å². The van der Waals surface area contributed by atoms with Gasteiger partial charge in [-0.3, -0.25) is 9.59 Å². The van der Waals surface area contributed by atoms with Crippen LogP contribution in [-0.4, -0.2) is 54.1 Å². The van der Waals surface area contributed by atoms with Gasteiger partial charge < -0.3 is 10.2 Å². The van der Waals surface area contributed by atoms with Gasteiger partial charge >= 0.3 is 0 Å². The lowest BCUT2D eigenvalue weighted by atomic mass is 9.95. The number of sulfonamides is 1. The van der Waals surface area contributed by atoms with Gasteiger partial charge in [0.2, 0.25) is 21.8 Å². The Kier molecular flexibility index (Phi) is 5.61. The smallest absolute Gasteiger partial charge is 0.247 e. The molecule has 4 rings (SSSR count). The van der Waals surface area contributed by atoms with Crippen LogP contribution < -0.4 is 5.32 Å². The molecule has 0 radical (unpaired) electrons. The highest BCUT2D eigenvalue weighted by Gasteiger charge is 2.54. The first kappa shape index (κ1) is 21.5. The summed E-state index contributed by atoms with van der Waals surface area (Å²) in [4.78, 5) is 28.1. The third kappa shape index (κ3) is 4.22. The summed E-state index contributed by atoms with van der Waals surface area (Å²) in [6.07, 6.45) is 1.66. The second-order valence-electron chi connectivity index (χ2n) is 8.52. The van der Waals surface area contributed by atoms with E-state index in [0.29, 0.717) is 6.54 Å². The molecule has 31 heavy (non-hydrogen) atoms. The molecular weight excluding hydrogens is 414 g/mol. The first-order valence-corrected chi connectivity index (χ1v) is 11.9. The predicted molar refractivity (Wildman–Crippen MR) is 116 cm³/mol. The van der Waals surface area contributed by atoms with E-state index in [4.69, 9.17) is 0 Å². The van der Waals surface area contributed by atoms with Gasteiger partial charge in [0, 0.05) is 19.1 Å². The van der Waals surface area contributed by atoms with E-state index in [9.17, 15) is 18.0 Å². The fraction of sp³-hybridized carbons (Fsp3) is 0.391. The number of aryl methyl sites for hydroxylation is 1. The number of hydrogen-bond donors (Lipinski definition) is 1. The van der Waals surface area contributed by atoms with Gasteiger partial charge in [-0.05, 0) is 44.4 Å². The zero-order valence-corrected chi connectivity index (χ0v) is 18.6. The van der Waals surface area contributed by atoms with Crippen LogP contribution in [0.4, 0.5) is 0 Å². The van der Waals surface area contributed by atoms with Crippen LogP contribution in [0.15, 0.2) is 59.5 Å². The number of amides is 2. The first-order valence-electron chi connectivity index (χ1n) is 10.4. The summed E-state index contributed by atoms with van der Waals surface area (Å²) in [6.45, 7) is 3.64. The average Bonchev–Trinajstić information content (AvgIpc) is 3.58. The minimum Gasteiger partial charge on any atom is -0.350 e. The van der Waals surface area contributed by atoms with Crippen molar-refractivity contribution in [1.29, 1.82) is 0 Å². The second kappa shape index (κ2) is 8.09. The van der Waals surface area contributed by atoms with Gasteiger partial charge in [-0.1, -0.05) is 48.0 Å². The highest BCUT2D eigenvalue weighted by molar-refractivity contribution is 7.89. The summed E-state index contributed by atoms with van der Waals surface area (Å²) in [5.41, 5.74) is 0.793. The van der Waals surface area contributed by atoms with Crippen LogP contribution in [-0.2, 0) is 26.2 Å². The van der Waals surface area contributed by atoms with Crippen LogP contribution in [0.1, 0.15) is 30.9 Å². The summed E-state index contributed by atoms with van der Waals surface area (Å²) in [5, 5.41) is 2.92. The van der Waals surface area contributed by atoms with E-state index < -0.39 is 15.6 Å². The molecule has 1 saturated heterocycles. The molecule has 1 aliphatic heterocycles. The van der Waals surface area contributed by atoms with Crippen LogP contribution in [0.25, 0.3) is 0 Å². The quantitative estimate of drug-likeness (QED) is 0.744. The van der Waals surface area contributed by atoms with Gasteiger partial charge in [-0.25, -0.2) is 8.42 Å². The van der Waals surface area contributed by atoms with Gasteiger partial charge in [0.25, 0.3) is 0 Å². The number of rotatable bonds is 6. The van der Waals surface area contributed by atoms with Crippen LogP contribution in [0.2, 0.25) is 0 Å². The Morgan fingerprint density at radius 3 is 2.35 bits per heavy atom. The molecule has 1 N–H and O–H groups in total. The van der Waals surface area contributed by atoms with E-state index in [1.807, 2.05) is 31.2 Å². The molecule has 0 aromatic heterocycles. The maximum atomic E-state index is 13.3. The number of nitrogens with zero attached hydrogens (tertiary/aromatic N) is 2. The lowest BCUT2D eigenvalue weighted by molar-refractivity contribution is -0.153. The summed E-state index contributed by atoms with van der Waals surface area (Å²) >= 11 is 0. The Balaban J connectivity index is 1.59. The number of nitrogens with one attached hydrogen (secondary N) is 1. The Morgan fingerprint density at radius 2 is 1.74 bits per heavy atom. The molecule has 7 nitrogen and oxygen atoms in total.